The lowest BCUT2D eigenvalue weighted by Gasteiger charge is -2.18. The van der Waals surface area contributed by atoms with Crippen molar-refractivity contribution in [1.29, 1.82) is 0 Å². The van der Waals surface area contributed by atoms with Crippen LogP contribution in [0, 0.1) is 13.8 Å². The smallest absolute Gasteiger partial charge is 0.327 e. The lowest BCUT2D eigenvalue weighted by Crippen LogP contribution is -2.27. The third-order valence-electron chi connectivity index (χ3n) is 6.49. The topological polar surface area (TPSA) is 134 Å². The number of aromatic nitrogens is 1. The van der Waals surface area contributed by atoms with Crippen molar-refractivity contribution in [2.75, 3.05) is 6.61 Å². The van der Waals surface area contributed by atoms with Gasteiger partial charge in [0, 0.05) is 18.4 Å². The number of carbonyl (C=O) groups excluding carboxylic acids is 1. The number of carboxylic acids is 1. The number of carboxylic acid groups (broad SMARTS) is 1. The maximum absolute atomic E-state index is 12.5. The van der Waals surface area contributed by atoms with E-state index in [-0.39, 0.29) is 18.9 Å². The normalized spacial score (nSPS) is 11.8. The van der Waals surface area contributed by atoms with Gasteiger partial charge in [0.15, 0.2) is 0 Å². The Kier molecular flexibility index (Phi) is 9.98. The van der Waals surface area contributed by atoms with Crippen molar-refractivity contribution in [3.8, 4) is 28.7 Å². The lowest BCUT2D eigenvalue weighted by molar-refractivity contribution is -0.149. The molecular formula is C33H36N2O7. The first kappa shape index (κ1) is 30.3. The van der Waals surface area contributed by atoms with Crippen LogP contribution in [0.3, 0.4) is 0 Å². The van der Waals surface area contributed by atoms with E-state index in [4.69, 9.17) is 29.5 Å². The van der Waals surface area contributed by atoms with Gasteiger partial charge >= 0.3 is 11.9 Å². The molecule has 9 nitrogen and oxygen atoms in total. The molecule has 3 N–H and O–H groups in total. The van der Waals surface area contributed by atoms with E-state index in [1.54, 1.807) is 32.0 Å². The molecule has 0 radical (unpaired) electrons. The Morgan fingerprint density at radius 2 is 1.69 bits per heavy atom. The van der Waals surface area contributed by atoms with E-state index >= 15 is 0 Å². The molecule has 1 unspecified atom stereocenters. The zero-order valence-corrected chi connectivity index (χ0v) is 24.3. The molecule has 0 saturated carbocycles. The van der Waals surface area contributed by atoms with E-state index in [9.17, 15) is 9.59 Å². The first-order valence-corrected chi connectivity index (χ1v) is 13.8. The summed E-state index contributed by atoms with van der Waals surface area (Å²) in [7, 11) is 0. The average Bonchev–Trinajstić information content (AvgIpc) is 3.32. The summed E-state index contributed by atoms with van der Waals surface area (Å²) in [6.45, 7) is 7.65. The summed E-state index contributed by atoms with van der Waals surface area (Å²) in [6.07, 6.45) is 0.301. The Balaban J connectivity index is 1.40. The Labute approximate surface area is 245 Å². The molecule has 0 bridgehead atoms. The second-order valence-corrected chi connectivity index (χ2v) is 10.3. The highest BCUT2D eigenvalue weighted by Gasteiger charge is 2.23. The van der Waals surface area contributed by atoms with Gasteiger partial charge in [-0.25, -0.2) is 9.78 Å². The summed E-state index contributed by atoms with van der Waals surface area (Å²) < 4.78 is 23.1. The minimum atomic E-state index is -1.06. The number of ether oxygens (including phenoxy) is 3. The van der Waals surface area contributed by atoms with Crippen LogP contribution >= 0.6 is 0 Å². The molecule has 0 spiro atoms. The van der Waals surface area contributed by atoms with Crippen LogP contribution in [0.2, 0.25) is 0 Å². The second kappa shape index (κ2) is 13.8. The summed E-state index contributed by atoms with van der Waals surface area (Å²) in [4.78, 5) is 28.3. The van der Waals surface area contributed by atoms with Crippen LogP contribution in [0.4, 0.5) is 0 Å². The largest absolute Gasteiger partial charge is 0.493 e. The van der Waals surface area contributed by atoms with Crippen LogP contribution in [0.1, 0.15) is 54.5 Å². The number of oxazole rings is 1. The number of aliphatic carboxylic acids is 1. The lowest BCUT2D eigenvalue weighted by atomic mass is 9.97. The van der Waals surface area contributed by atoms with Crippen molar-refractivity contribution in [1.82, 2.24) is 4.98 Å². The Hall–Kier alpha value is -4.63. The van der Waals surface area contributed by atoms with Gasteiger partial charge in [-0.15, -0.1) is 0 Å². The molecule has 0 aliphatic rings. The number of benzene rings is 3. The number of nitrogens with two attached hydrogens (primary N) is 1. The summed E-state index contributed by atoms with van der Waals surface area (Å²) in [5.74, 6) is 1.67. The molecule has 42 heavy (non-hydrogen) atoms. The first-order valence-electron chi connectivity index (χ1n) is 13.8. The van der Waals surface area contributed by atoms with E-state index < -0.39 is 18.0 Å². The average molecular weight is 573 g/mol. The first-order chi connectivity index (χ1) is 20.1. The molecule has 3 aromatic carbocycles. The highest BCUT2D eigenvalue weighted by molar-refractivity contribution is 5.78. The van der Waals surface area contributed by atoms with Gasteiger partial charge in [-0.3, -0.25) is 4.79 Å². The van der Waals surface area contributed by atoms with Gasteiger partial charge in [0.25, 0.3) is 0 Å². The van der Waals surface area contributed by atoms with Crippen LogP contribution < -0.4 is 15.2 Å². The van der Waals surface area contributed by atoms with Crippen LogP contribution in [0.5, 0.6) is 17.2 Å². The molecule has 220 valence electrons. The SMILES string of the molecule is Cc1cccc(Oc2ccc(-c3nc(CCOc4ccc(CCC(=O)O)c(C(N)C(=O)OC(C)C)c4)c(C)o3)cc2)c1. The molecule has 1 atom stereocenters. The van der Waals surface area contributed by atoms with Crippen LogP contribution in [-0.4, -0.2) is 34.7 Å². The molecule has 9 heteroatoms. The minimum Gasteiger partial charge on any atom is -0.493 e. The van der Waals surface area contributed by atoms with Gasteiger partial charge < -0.3 is 29.5 Å². The monoisotopic (exact) mass is 572 g/mol. The molecule has 0 amide bonds. The fourth-order valence-electron chi connectivity index (χ4n) is 4.38. The van der Waals surface area contributed by atoms with E-state index in [0.29, 0.717) is 47.3 Å². The summed E-state index contributed by atoms with van der Waals surface area (Å²) in [5.41, 5.74) is 10.1. The second-order valence-electron chi connectivity index (χ2n) is 10.3. The third-order valence-corrected chi connectivity index (χ3v) is 6.49. The van der Waals surface area contributed by atoms with Crippen LogP contribution in [0.25, 0.3) is 11.5 Å². The summed E-state index contributed by atoms with van der Waals surface area (Å²) >= 11 is 0. The third kappa shape index (κ3) is 8.20. The number of carbonyl (C=O) groups is 2. The standard InChI is InChI=1S/C33H36N2O7/c1-20(2)40-33(38)31(34)28-19-26(14-8-23(28)11-15-30(36)37)39-17-16-29-22(4)41-32(35-29)24-9-12-25(13-10-24)42-27-7-5-6-21(3)18-27/h5-10,12-14,18-20,31H,11,15-17,34H2,1-4H3,(H,36,37). The predicted octanol–water partition coefficient (Wildman–Crippen LogP) is 6.34. The maximum Gasteiger partial charge on any atom is 0.327 e. The van der Waals surface area contributed by atoms with Crippen molar-refractivity contribution in [3.05, 3.63) is 94.9 Å². The van der Waals surface area contributed by atoms with Crippen LogP contribution in [-0.2, 0) is 27.2 Å². The predicted molar refractivity (Wildman–Crippen MR) is 158 cm³/mol. The van der Waals surface area contributed by atoms with Gasteiger partial charge in [0.1, 0.15) is 29.1 Å². The zero-order chi connectivity index (χ0) is 30.2. The van der Waals surface area contributed by atoms with Gasteiger partial charge in [-0.2, -0.15) is 0 Å². The fourth-order valence-corrected chi connectivity index (χ4v) is 4.38. The van der Waals surface area contributed by atoms with E-state index in [1.807, 2.05) is 62.4 Å². The fraction of sp³-hybridized carbons (Fsp3) is 0.303. The highest BCUT2D eigenvalue weighted by Crippen LogP contribution is 2.28. The quantitative estimate of drug-likeness (QED) is 0.176. The molecule has 1 heterocycles. The zero-order valence-electron chi connectivity index (χ0n) is 24.3. The number of rotatable bonds is 13. The van der Waals surface area contributed by atoms with E-state index in [2.05, 4.69) is 4.98 Å². The Bertz CT molecular complexity index is 1530. The number of nitrogens with zero attached hydrogens (tertiary/aromatic N) is 1. The molecule has 0 aliphatic carbocycles. The summed E-state index contributed by atoms with van der Waals surface area (Å²) in [6, 6.07) is 19.5. The van der Waals surface area contributed by atoms with Crippen molar-refractivity contribution < 1.29 is 33.3 Å². The molecule has 4 aromatic rings. The van der Waals surface area contributed by atoms with Crippen LogP contribution in [0.15, 0.2) is 71.1 Å². The number of esters is 1. The van der Waals surface area contributed by atoms with Crippen molar-refractivity contribution in [2.45, 2.75) is 59.1 Å². The Morgan fingerprint density at radius 3 is 2.38 bits per heavy atom. The van der Waals surface area contributed by atoms with Crippen molar-refractivity contribution in [3.63, 3.8) is 0 Å². The van der Waals surface area contributed by atoms with Gasteiger partial charge in [-0.1, -0.05) is 18.2 Å². The van der Waals surface area contributed by atoms with Crippen molar-refractivity contribution >= 4 is 11.9 Å². The Morgan fingerprint density at radius 1 is 0.952 bits per heavy atom. The summed E-state index contributed by atoms with van der Waals surface area (Å²) in [5, 5.41) is 9.12. The minimum absolute atomic E-state index is 0.0879. The van der Waals surface area contributed by atoms with E-state index in [0.717, 1.165) is 22.6 Å². The molecule has 0 fully saturated rings. The molecular weight excluding hydrogens is 536 g/mol. The van der Waals surface area contributed by atoms with Gasteiger partial charge in [0.2, 0.25) is 5.89 Å². The molecule has 0 aliphatic heterocycles. The number of hydrogen-bond acceptors (Lipinski definition) is 8. The van der Waals surface area contributed by atoms with Gasteiger partial charge in [-0.05, 0) is 99.3 Å². The van der Waals surface area contributed by atoms with E-state index in [1.165, 1.54) is 0 Å². The maximum atomic E-state index is 12.5. The molecule has 4 rings (SSSR count). The number of hydrogen-bond donors (Lipinski definition) is 2. The molecule has 1 aromatic heterocycles. The van der Waals surface area contributed by atoms with Gasteiger partial charge in [0.05, 0.1) is 18.4 Å². The van der Waals surface area contributed by atoms with Crippen molar-refractivity contribution in [2.24, 2.45) is 5.73 Å². The highest BCUT2D eigenvalue weighted by atomic mass is 16.5. The number of aryl methyl sites for hydroxylation is 3. The molecule has 0 saturated heterocycles.